The molecule has 0 atom stereocenters. The number of rotatable bonds is 0. The first-order chi connectivity index (χ1) is 4.05. The highest BCUT2D eigenvalue weighted by atomic mass is 16.2. The molecular weight excluding hydrogens is 116 g/mol. The van der Waals surface area contributed by atoms with Gasteiger partial charge in [0.25, 0.3) is 0 Å². The average Bonchev–Trinajstić information content (AvgIpc) is 1.96. The summed E-state index contributed by atoms with van der Waals surface area (Å²) in [5, 5.41) is 0. The van der Waals surface area contributed by atoms with Crippen molar-refractivity contribution in [3.05, 3.63) is 6.42 Å². The van der Waals surface area contributed by atoms with Crippen molar-refractivity contribution in [3.8, 4) is 0 Å². The Kier molecular flexibility index (Phi) is 1.19. The molecule has 0 bridgehead atoms. The van der Waals surface area contributed by atoms with Crippen molar-refractivity contribution in [1.29, 1.82) is 0 Å². The van der Waals surface area contributed by atoms with Crippen molar-refractivity contribution < 1.29 is 9.59 Å². The van der Waals surface area contributed by atoms with Crippen LogP contribution in [0, 0.1) is 11.8 Å². The Balaban J connectivity index is 2.91. The molecule has 0 aromatic heterocycles. The van der Waals surface area contributed by atoms with Gasteiger partial charge in [0.05, 0.1) is 5.41 Å². The van der Waals surface area contributed by atoms with Crippen LogP contribution in [0.1, 0.15) is 20.3 Å². The van der Waals surface area contributed by atoms with E-state index >= 15 is 0 Å². The molecule has 0 aliphatic heterocycles. The SMILES string of the molecule is CC1(C)C(=O)[CH]CC1=O. The van der Waals surface area contributed by atoms with Gasteiger partial charge >= 0.3 is 0 Å². The Morgan fingerprint density at radius 1 is 1.44 bits per heavy atom. The Morgan fingerprint density at radius 3 is 2.11 bits per heavy atom. The van der Waals surface area contributed by atoms with Crippen molar-refractivity contribution in [2.75, 3.05) is 0 Å². The van der Waals surface area contributed by atoms with Crippen LogP contribution in [0.4, 0.5) is 0 Å². The zero-order valence-electron chi connectivity index (χ0n) is 5.60. The average molecular weight is 125 g/mol. The zero-order chi connectivity index (χ0) is 7.07. The van der Waals surface area contributed by atoms with Gasteiger partial charge in [-0.25, -0.2) is 0 Å². The van der Waals surface area contributed by atoms with E-state index in [2.05, 4.69) is 0 Å². The second kappa shape index (κ2) is 1.66. The van der Waals surface area contributed by atoms with E-state index in [0.717, 1.165) is 0 Å². The van der Waals surface area contributed by atoms with Crippen LogP contribution in [0.3, 0.4) is 0 Å². The topological polar surface area (TPSA) is 34.1 Å². The predicted octanol–water partition coefficient (Wildman–Crippen LogP) is 0.759. The van der Waals surface area contributed by atoms with Crippen molar-refractivity contribution >= 4 is 11.6 Å². The normalized spacial score (nSPS) is 25.1. The molecule has 1 fully saturated rings. The van der Waals surface area contributed by atoms with Gasteiger partial charge in [-0.2, -0.15) is 0 Å². The van der Waals surface area contributed by atoms with E-state index in [1.54, 1.807) is 13.8 Å². The molecule has 1 radical (unpaired) electrons. The van der Waals surface area contributed by atoms with Gasteiger partial charge in [-0.1, -0.05) is 0 Å². The summed E-state index contributed by atoms with van der Waals surface area (Å²) in [6.07, 6.45) is 1.79. The first-order valence-electron chi connectivity index (χ1n) is 2.96. The molecule has 1 rings (SSSR count). The third-order valence-electron chi connectivity index (χ3n) is 1.79. The Labute approximate surface area is 54.2 Å². The molecule has 0 unspecified atom stereocenters. The summed E-state index contributed by atoms with van der Waals surface area (Å²) in [6, 6.07) is 0. The summed E-state index contributed by atoms with van der Waals surface area (Å²) >= 11 is 0. The summed E-state index contributed by atoms with van der Waals surface area (Å²) in [5.74, 6) is 0.000000000000000666. The fraction of sp³-hybridized carbons (Fsp3) is 0.571. The lowest BCUT2D eigenvalue weighted by atomic mass is 9.90. The van der Waals surface area contributed by atoms with E-state index in [-0.39, 0.29) is 11.6 Å². The minimum atomic E-state index is -0.722. The largest absolute Gasteiger partial charge is 0.299 e. The maximum absolute atomic E-state index is 10.9. The number of ketones is 2. The molecule has 9 heavy (non-hydrogen) atoms. The molecule has 0 spiro atoms. The summed E-state index contributed by atoms with van der Waals surface area (Å²) in [7, 11) is 0. The monoisotopic (exact) mass is 125 g/mol. The maximum Gasteiger partial charge on any atom is 0.150 e. The van der Waals surface area contributed by atoms with Gasteiger partial charge in [-0.05, 0) is 13.8 Å². The molecule has 0 aromatic rings. The molecule has 0 saturated heterocycles. The molecule has 0 heterocycles. The molecule has 0 amide bonds. The minimum absolute atomic E-state index is 0.0347. The molecule has 1 aliphatic rings. The van der Waals surface area contributed by atoms with Crippen LogP contribution in [0.25, 0.3) is 0 Å². The van der Waals surface area contributed by atoms with Crippen LogP contribution in [0.5, 0.6) is 0 Å². The third-order valence-corrected chi connectivity index (χ3v) is 1.79. The second-order valence-electron chi connectivity index (χ2n) is 2.82. The molecule has 2 nitrogen and oxygen atoms in total. The van der Waals surface area contributed by atoms with Gasteiger partial charge in [-0.3, -0.25) is 9.59 Å². The number of carbonyl (C=O) groups is 2. The summed E-state index contributed by atoms with van der Waals surface area (Å²) in [6.45, 7) is 3.34. The summed E-state index contributed by atoms with van der Waals surface area (Å²) in [4.78, 5) is 21.7. The highest BCUT2D eigenvalue weighted by Gasteiger charge is 2.40. The van der Waals surface area contributed by atoms with Crippen molar-refractivity contribution in [3.63, 3.8) is 0 Å². The van der Waals surface area contributed by atoms with Gasteiger partial charge in [0.2, 0.25) is 0 Å². The Bertz CT molecular complexity index is 150. The highest BCUT2D eigenvalue weighted by Crippen LogP contribution is 2.28. The molecule has 0 aromatic carbocycles. The van der Waals surface area contributed by atoms with Gasteiger partial charge in [-0.15, -0.1) is 0 Å². The smallest absolute Gasteiger partial charge is 0.150 e. The molecule has 1 saturated carbocycles. The number of Topliss-reactive ketones (excluding diaryl/α,β-unsaturated/α-hetero) is 2. The van der Waals surface area contributed by atoms with E-state index in [1.807, 2.05) is 0 Å². The van der Waals surface area contributed by atoms with Crippen LogP contribution in [-0.4, -0.2) is 11.6 Å². The van der Waals surface area contributed by atoms with Gasteiger partial charge in [0.1, 0.15) is 11.6 Å². The highest BCUT2D eigenvalue weighted by molar-refractivity contribution is 6.16. The summed E-state index contributed by atoms with van der Waals surface area (Å²) in [5.41, 5.74) is -0.722. The van der Waals surface area contributed by atoms with E-state index in [0.29, 0.717) is 6.42 Å². The van der Waals surface area contributed by atoms with E-state index in [1.165, 1.54) is 6.42 Å². The molecular formula is C7H9O2. The fourth-order valence-electron chi connectivity index (χ4n) is 0.833. The van der Waals surface area contributed by atoms with Gasteiger partial charge in [0, 0.05) is 12.8 Å². The van der Waals surface area contributed by atoms with Gasteiger partial charge < -0.3 is 0 Å². The van der Waals surface area contributed by atoms with E-state index in [4.69, 9.17) is 0 Å². The second-order valence-corrected chi connectivity index (χ2v) is 2.82. The lowest BCUT2D eigenvalue weighted by Gasteiger charge is -2.10. The summed E-state index contributed by atoms with van der Waals surface area (Å²) < 4.78 is 0. The number of hydrogen-bond acceptors (Lipinski definition) is 2. The standard InChI is InChI=1S/C7H9O2/c1-7(2)5(8)3-4-6(7)9/h3H,4H2,1-2H3. The molecule has 49 valence electrons. The predicted molar refractivity (Wildman–Crippen MR) is 32.7 cm³/mol. The van der Waals surface area contributed by atoms with Crippen LogP contribution < -0.4 is 0 Å². The van der Waals surface area contributed by atoms with Crippen molar-refractivity contribution in [2.24, 2.45) is 5.41 Å². The van der Waals surface area contributed by atoms with E-state index < -0.39 is 5.41 Å². The third kappa shape index (κ3) is 0.784. The maximum atomic E-state index is 10.9. The molecule has 0 N–H and O–H groups in total. The first kappa shape index (κ1) is 6.46. The molecule has 1 aliphatic carbocycles. The Morgan fingerprint density at radius 2 is 2.00 bits per heavy atom. The minimum Gasteiger partial charge on any atom is -0.299 e. The van der Waals surface area contributed by atoms with Gasteiger partial charge in [0.15, 0.2) is 0 Å². The van der Waals surface area contributed by atoms with Crippen LogP contribution in [0.15, 0.2) is 0 Å². The van der Waals surface area contributed by atoms with Crippen LogP contribution in [0.2, 0.25) is 0 Å². The lowest BCUT2D eigenvalue weighted by molar-refractivity contribution is -0.131. The van der Waals surface area contributed by atoms with Crippen LogP contribution >= 0.6 is 0 Å². The number of hydrogen-bond donors (Lipinski definition) is 0. The van der Waals surface area contributed by atoms with Crippen molar-refractivity contribution in [1.82, 2.24) is 0 Å². The quantitative estimate of drug-likeness (QED) is 0.448. The Hall–Kier alpha value is -0.660. The lowest BCUT2D eigenvalue weighted by Crippen LogP contribution is -2.24. The fourth-order valence-corrected chi connectivity index (χ4v) is 0.833. The van der Waals surface area contributed by atoms with Crippen LogP contribution in [-0.2, 0) is 9.59 Å². The molecule has 2 heteroatoms. The van der Waals surface area contributed by atoms with E-state index in [9.17, 15) is 9.59 Å². The van der Waals surface area contributed by atoms with Crippen molar-refractivity contribution in [2.45, 2.75) is 20.3 Å². The number of carbonyl (C=O) groups excluding carboxylic acids is 2. The first-order valence-corrected chi connectivity index (χ1v) is 2.96. The zero-order valence-corrected chi connectivity index (χ0v) is 5.60.